The van der Waals surface area contributed by atoms with Crippen LogP contribution in [0.2, 0.25) is 0 Å². The maximum atomic E-state index is 12.6. The number of thioether (sulfide) groups is 1. The van der Waals surface area contributed by atoms with Crippen molar-refractivity contribution in [2.45, 2.75) is 12.8 Å². The molecule has 0 atom stereocenters. The van der Waals surface area contributed by atoms with Gasteiger partial charge in [-0.2, -0.15) is 0 Å². The Morgan fingerprint density at radius 2 is 2.04 bits per heavy atom. The van der Waals surface area contributed by atoms with E-state index >= 15 is 0 Å². The summed E-state index contributed by atoms with van der Waals surface area (Å²) in [4.78, 5) is 36.0. The molecule has 2 aromatic rings. The van der Waals surface area contributed by atoms with E-state index in [1.165, 1.54) is 11.0 Å². The molecule has 1 amide bonds. The van der Waals surface area contributed by atoms with Crippen LogP contribution in [0.1, 0.15) is 18.4 Å². The van der Waals surface area contributed by atoms with E-state index in [1.807, 2.05) is 0 Å². The van der Waals surface area contributed by atoms with Crippen LogP contribution in [0.3, 0.4) is 0 Å². The van der Waals surface area contributed by atoms with Gasteiger partial charge in [-0.05, 0) is 30.0 Å². The molecule has 0 bridgehead atoms. The molecule has 1 saturated heterocycles. The van der Waals surface area contributed by atoms with Gasteiger partial charge in [0.15, 0.2) is 0 Å². The van der Waals surface area contributed by atoms with Gasteiger partial charge in [0.25, 0.3) is 11.6 Å². The molecule has 138 valence electrons. The van der Waals surface area contributed by atoms with Crippen molar-refractivity contribution in [2.24, 2.45) is 0 Å². The molecule has 0 aliphatic carbocycles. The number of nitro benzene ring substituents is 1. The molecule has 2 aromatic carbocycles. The lowest BCUT2D eigenvalue weighted by molar-refractivity contribution is -0.383. The topological polar surface area (TPSA) is 101 Å². The number of hydrogen-bond donors (Lipinski definition) is 1. The summed E-state index contributed by atoms with van der Waals surface area (Å²) < 4.78 is 0.320. The summed E-state index contributed by atoms with van der Waals surface area (Å²) in [6.45, 7) is 0.203. The normalized spacial score (nSPS) is 15.7. The molecule has 1 heterocycles. The number of aliphatic carboxylic acids is 1. The minimum absolute atomic E-state index is 0.0632. The summed E-state index contributed by atoms with van der Waals surface area (Å²) >= 11 is 6.26. The second-order valence-corrected chi connectivity index (χ2v) is 7.49. The molecule has 27 heavy (non-hydrogen) atoms. The molecular formula is C18H14N2O5S2. The van der Waals surface area contributed by atoms with Gasteiger partial charge in [-0.15, -0.1) is 0 Å². The number of hydrogen-bond acceptors (Lipinski definition) is 6. The van der Waals surface area contributed by atoms with Crippen molar-refractivity contribution in [3.8, 4) is 0 Å². The van der Waals surface area contributed by atoms with Crippen molar-refractivity contribution in [3.63, 3.8) is 0 Å². The van der Waals surface area contributed by atoms with Gasteiger partial charge >= 0.3 is 5.97 Å². The Morgan fingerprint density at radius 3 is 2.74 bits per heavy atom. The first-order valence-corrected chi connectivity index (χ1v) is 9.24. The van der Waals surface area contributed by atoms with E-state index in [1.54, 1.807) is 36.4 Å². The molecule has 1 aliphatic heterocycles. The molecule has 1 aliphatic rings. The zero-order chi connectivity index (χ0) is 19.6. The Kier molecular flexibility index (Phi) is 5.52. The quantitative estimate of drug-likeness (QED) is 0.339. The second kappa shape index (κ2) is 7.85. The number of rotatable bonds is 6. The predicted molar refractivity (Wildman–Crippen MR) is 107 cm³/mol. The standard InChI is InChI=1S/C18H14N2O5S2/c21-15(22)6-3-9-19-17(23)14(27-18(19)26)10-12-8-7-11-4-1-2-5-13(11)16(12)20(24)25/h1-2,4-5,7-8,10H,3,6,9H2,(H,21,22). The number of carbonyl (C=O) groups excluding carboxylic acids is 1. The van der Waals surface area contributed by atoms with Gasteiger partial charge in [-0.25, -0.2) is 0 Å². The molecule has 9 heteroatoms. The number of nitro groups is 1. The lowest BCUT2D eigenvalue weighted by atomic mass is 10.0. The lowest BCUT2D eigenvalue weighted by Gasteiger charge is -2.13. The molecule has 0 saturated carbocycles. The molecule has 3 rings (SSSR count). The van der Waals surface area contributed by atoms with Crippen LogP contribution in [-0.2, 0) is 9.59 Å². The molecule has 0 radical (unpaired) electrons. The van der Waals surface area contributed by atoms with Crippen molar-refractivity contribution in [1.29, 1.82) is 0 Å². The zero-order valence-electron chi connectivity index (χ0n) is 14.0. The Labute approximate surface area is 163 Å². The number of benzene rings is 2. The van der Waals surface area contributed by atoms with Gasteiger partial charge in [-0.1, -0.05) is 48.2 Å². The molecule has 7 nitrogen and oxygen atoms in total. The SMILES string of the molecule is O=C(O)CCCN1C(=O)C(=Cc2ccc3ccccc3c2[N+](=O)[O-])SC1=S. The largest absolute Gasteiger partial charge is 0.481 e. The van der Waals surface area contributed by atoms with E-state index in [9.17, 15) is 19.7 Å². The monoisotopic (exact) mass is 402 g/mol. The van der Waals surface area contributed by atoms with Gasteiger partial charge in [0.2, 0.25) is 0 Å². The fourth-order valence-electron chi connectivity index (χ4n) is 2.81. The Morgan fingerprint density at radius 1 is 1.30 bits per heavy atom. The third-order valence-electron chi connectivity index (χ3n) is 4.05. The maximum absolute atomic E-state index is 12.6. The maximum Gasteiger partial charge on any atom is 0.303 e. The van der Waals surface area contributed by atoms with Crippen molar-refractivity contribution in [1.82, 2.24) is 4.90 Å². The lowest BCUT2D eigenvalue weighted by Crippen LogP contribution is -2.29. The summed E-state index contributed by atoms with van der Waals surface area (Å²) in [5, 5.41) is 21.6. The summed E-state index contributed by atoms with van der Waals surface area (Å²) in [7, 11) is 0. The molecule has 0 spiro atoms. The fraction of sp³-hybridized carbons (Fsp3) is 0.167. The zero-order valence-corrected chi connectivity index (χ0v) is 15.6. The highest BCUT2D eigenvalue weighted by Gasteiger charge is 2.32. The number of thiocarbonyl (C=S) groups is 1. The summed E-state index contributed by atoms with van der Waals surface area (Å²) in [6.07, 6.45) is 1.69. The predicted octanol–water partition coefficient (Wildman–Crippen LogP) is 3.81. The van der Waals surface area contributed by atoms with Crippen LogP contribution >= 0.6 is 24.0 Å². The third-order valence-corrected chi connectivity index (χ3v) is 5.42. The van der Waals surface area contributed by atoms with E-state index in [-0.39, 0.29) is 35.9 Å². The average molecular weight is 402 g/mol. The van der Waals surface area contributed by atoms with Gasteiger partial charge in [0, 0.05) is 13.0 Å². The van der Waals surface area contributed by atoms with E-state index in [4.69, 9.17) is 17.3 Å². The first-order chi connectivity index (χ1) is 12.9. The Balaban J connectivity index is 1.94. The van der Waals surface area contributed by atoms with Crippen LogP contribution in [0.25, 0.3) is 16.8 Å². The van der Waals surface area contributed by atoms with Crippen LogP contribution < -0.4 is 0 Å². The number of fused-ring (bicyclic) bond motifs is 1. The van der Waals surface area contributed by atoms with E-state index < -0.39 is 10.9 Å². The Hall–Kier alpha value is -2.78. The second-order valence-electron chi connectivity index (χ2n) is 5.81. The molecule has 1 N–H and O–H groups in total. The number of carboxylic acid groups (broad SMARTS) is 1. The average Bonchev–Trinajstić information content (AvgIpc) is 2.88. The van der Waals surface area contributed by atoms with Crippen molar-refractivity contribution in [2.75, 3.05) is 6.54 Å². The highest BCUT2D eigenvalue weighted by Crippen LogP contribution is 2.36. The van der Waals surface area contributed by atoms with Crippen LogP contribution in [0.4, 0.5) is 5.69 Å². The van der Waals surface area contributed by atoms with E-state index in [0.717, 1.165) is 17.1 Å². The minimum atomic E-state index is -0.942. The van der Waals surface area contributed by atoms with E-state index in [2.05, 4.69) is 0 Å². The first-order valence-electron chi connectivity index (χ1n) is 8.02. The number of carboxylic acids is 1. The molecular weight excluding hydrogens is 388 g/mol. The van der Waals surface area contributed by atoms with Gasteiger partial charge in [0.05, 0.1) is 20.8 Å². The summed E-state index contributed by atoms with van der Waals surface area (Å²) in [6, 6.07) is 10.4. The first kappa shape index (κ1) is 19.0. The van der Waals surface area contributed by atoms with Crippen molar-refractivity contribution < 1.29 is 19.6 Å². The van der Waals surface area contributed by atoms with Crippen molar-refractivity contribution >= 4 is 62.7 Å². The van der Waals surface area contributed by atoms with Gasteiger partial charge < -0.3 is 5.11 Å². The third kappa shape index (κ3) is 3.99. The van der Waals surface area contributed by atoms with Crippen LogP contribution in [-0.4, -0.2) is 37.7 Å². The summed E-state index contributed by atoms with van der Waals surface area (Å²) in [5.41, 5.74) is 0.258. The fourth-order valence-corrected chi connectivity index (χ4v) is 4.11. The van der Waals surface area contributed by atoms with Gasteiger partial charge in [-0.3, -0.25) is 24.6 Å². The number of amides is 1. The van der Waals surface area contributed by atoms with Crippen molar-refractivity contribution in [3.05, 3.63) is 57.0 Å². The number of carbonyl (C=O) groups is 2. The van der Waals surface area contributed by atoms with Gasteiger partial charge in [0.1, 0.15) is 4.32 Å². The summed E-state index contributed by atoms with van der Waals surface area (Å²) in [5.74, 6) is -1.30. The van der Waals surface area contributed by atoms with E-state index in [0.29, 0.717) is 15.3 Å². The highest BCUT2D eigenvalue weighted by molar-refractivity contribution is 8.26. The Bertz CT molecular complexity index is 1000. The molecule has 1 fully saturated rings. The number of nitrogens with zero attached hydrogens (tertiary/aromatic N) is 2. The molecule has 0 aromatic heterocycles. The van der Waals surface area contributed by atoms with Crippen LogP contribution in [0.15, 0.2) is 41.3 Å². The molecule has 0 unspecified atom stereocenters. The van der Waals surface area contributed by atoms with Crippen LogP contribution in [0.5, 0.6) is 0 Å². The smallest absolute Gasteiger partial charge is 0.303 e. The van der Waals surface area contributed by atoms with Crippen LogP contribution in [0, 0.1) is 10.1 Å². The highest BCUT2D eigenvalue weighted by atomic mass is 32.2. The minimum Gasteiger partial charge on any atom is -0.481 e.